The molecule has 0 saturated heterocycles. The van der Waals surface area contributed by atoms with Crippen molar-refractivity contribution in [3.8, 4) is 5.88 Å². The molecule has 0 spiro atoms. The molecular formula is C18H15BrFN3O2. The average molecular weight is 404 g/mol. The Labute approximate surface area is 152 Å². The number of benzene rings is 2. The van der Waals surface area contributed by atoms with Gasteiger partial charge < -0.3 is 10.1 Å². The minimum Gasteiger partial charge on any atom is -0.479 e. The van der Waals surface area contributed by atoms with Gasteiger partial charge >= 0.3 is 0 Å². The number of nitrogens with zero attached hydrogens (tertiary/aromatic N) is 2. The minimum absolute atomic E-state index is 0.000529. The van der Waals surface area contributed by atoms with E-state index in [1.54, 1.807) is 6.07 Å². The number of anilines is 1. The number of nitrogens with one attached hydrogen (secondary N) is 1. The topological polar surface area (TPSA) is 64.1 Å². The maximum Gasteiger partial charge on any atom is 0.280 e. The first-order valence-corrected chi connectivity index (χ1v) is 8.27. The molecule has 1 N–H and O–H groups in total. The second-order valence-corrected chi connectivity index (χ2v) is 6.50. The van der Waals surface area contributed by atoms with Gasteiger partial charge in [0.05, 0.1) is 23.8 Å². The maximum absolute atomic E-state index is 13.9. The number of carbonyl (C=O) groups is 1. The molecule has 1 amide bonds. The molecule has 0 saturated carbocycles. The smallest absolute Gasteiger partial charge is 0.280 e. The van der Waals surface area contributed by atoms with Gasteiger partial charge in [-0.2, -0.15) is 0 Å². The molecule has 0 fully saturated rings. The van der Waals surface area contributed by atoms with Crippen LogP contribution in [0.1, 0.15) is 21.6 Å². The van der Waals surface area contributed by atoms with Gasteiger partial charge in [0.1, 0.15) is 5.82 Å². The second kappa shape index (κ2) is 6.76. The number of hydrogen-bond donors (Lipinski definition) is 1. The van der Waals surface area contributed by atoms with Crippen LogP contribution in [-0.4, -0.2) is 23.0 Å². The van der Waals surface area contributed by atoms with Crippen molar-refractivity contribution in [2.45, 2.75) is 13.8 Å². The lowest BCUT2D eigenvalue weighted by Gasteiger charge is -2.11. The molecule has 0 aliphatic rings. The summed E-state index contributed by atoms with van der Waals surface area (Å²) >= 11 is 3.17. The van der Waals surface area contributed by atoms with E-state index in [1.807, 2.05) is 26.0 Å². The molecule has 0 bridgehead atoms. The van der Waals surface area contributed by atoms with Gasteiger partial charge in [-0.15, -0.1) is 0 Å². The highest BCUT2D eigenvalue weighted by Gasteiger charge is 2.19. The van der Waals surface area contributed by atoms with Crippen molar-refractivity contribution in [2.24, 2.45) is 0 Å². The molecule has 25 heavy (non-hydrogen) atoms. The molecular weight excluding hydrogens is 389 g/mol. The predicted octanol–water partition coefficient (Wildman–Crippen LogP) is 4.41. The fourth-order valence-corrected chi connectivity index (χ4v) is 2.69. The number of amides is 1. The van der Waals surface area contributed by atoms with Crippen LogP contribution in [0.4, 0.5) is 10.1 Å². The summed E-state index contributed by atoms with van der Waals surface area (Å²) in [4.78, 5) is 21.3. The summed E-state index contributed by atoms with van der Waals surface area (Å²) in [5.74, 6) is -1.06. The molecule has 2 aromatic carbocycles. The van der Waals surface area contributed by atoms with E-state index in [1.165, 1.54) is 19.2 Å². The number of carbonyl (C=O) groups excluding carboxylic acids is 1. The lowest BCUT2D eigenvalue weighted by atomic mass is 10.1. The molecule has 0 atom stereocenters. The number of halogens is 2. The molecule has 5 nitrogen and oxygen atoms in total. The molecule has 1 aromatic heterocycles. The standard InChI is InChI=1S/C18H15BrFN3O2/c1-9-6-14-15(7-10(9)2)23-18(25-3)16(21-14)17(24)22-13-5-4-11(19)8-12(13)20/h4-8H,1-3H3,(H,22,24). The third kappa shape index (κ3) is 3.46. The van der Waals surface area contributed by atoms with E-state index in [0.717, 1.165) is 11.1 Å². The highest BCUT2D eigenvalue weighted by molar-refractivity contribution is 9.10. The van der Waals surface area contributed by atoms with Crippen molar-refractivity contribution >= 4 is 38.6 Å². The van der Waals surface area contributed by atoms with Gasteiger partial charge in [-0.1, -0.05) is 15.9 Å². The average Bonchev–Trinajstić information content (AvgIpc) is 2.57. The third-order valence-corrected chi connectivity index (χ3v) is 4.33. The van der Waals surface area contributed by atoms with E-state index in [-0.39, 0.29) is 17.3 Å². The summed E-state index contributed by atoms with van der Waals surface area (Å²) in [5.41, 5.74) is 3.37. The second-order valence-electron chi connectivity index (χ2n) is 5.58. The van der Waals surface area contributed by atoms with Crippen LogP contribution in [0.15, 0.2) is 34.8 Å². The van der Waals surface area contributed by atoms with Crippen LogP contribution in [-0.2, 0) is 0 Å². The SMILES string of the molecule is COc1nc2cc(C)c(C)cc2nc1C(=O)Nc1ccc(Br)cc1F. The summed E-state index contributed by atoms with van der Waals surface area (Å²) in [6.45, 7) is 3.93. The zero-order valence-electron chi connectivity index (χ0n) is 13.9. The summed E-state index contributed by atoms with van der Waals surface area (Å²) in [7, 11) is 1.41. The van der Waals surface area contributed by atoms with Gasteiger partial charge in [0, 0.05) is 4.47 Å². The van der Waals surface area contributed by atoms with Gasteiger partial charge in [-0.25, -0.2) is 14.4 Å². The van der Waals surface area contributed by atoms with Crippen molar-refractivity contribution in [2.75, 3.05) is 12.4 Å². The third-order valence-electron chi connectivity index (χ3n) is 3.84. The van der Waals surface area contributed by atoms with Crippen LogP contribution in [0, 0.1) is 19.7 Å². The fraction of sp³-hybridized carbons (Fsp3) is 0.167. The fourth-order valence-electron chi connectivity index (χ4n) is 2.36. The van der Waals surface area contributed by atoms with Crippen molar-refractivity contribution in [3.63, 3.8) is 0 Å². The first-order valence-electron chi connectivity index (χ1n) is 7.48. The van der Waals surface area contributed by atoms with Crippen molar-refractivity contribution in [3.05, 3.63) is 57.4 Å². The lowest BCUT2D eigenvalue weighted by Crippen LogP contribution is -2.17. The van der Waals surface area contributed by atoms with Gasteiger partial charge in [0.15, 0.2) is 5.69 Å². The van der Waals surface area contributed by atoms with E-state index in [9.17, 15) is 9.18 Å². The zero-order chi connectivity index (χ0) is 18.1. The molecule has 1 heterocycles. The Bertz CT molecular complexity index is 992. The Kier molecular flexibility index (Phi) is 4.67. The van der Waals surface area contributed by atoms with Crippen LogP contribution < -0.4 is 10.1 Å². The molecule has 3 aromatic rings. The van der Waals surface area contributed by atoms with E-state index < -0.39 is 11.7 Å². The van der Waals surface area contributed by atoms with Crippen molar-refractivity contribution in [1.29, 1.82) is 0 Å². The van der Waals surface area contributed by atoms with E-state index in [0.29, 0.717) is 15.5 Å². The van der Waals surface area contributed by atoms with Crippen LogP contribution in [0.25, 0.3) is 11.0 Å². The largest absolute Gasteiger partial charge is 0.479 e. The van der Waals surface area contributed by atoms with Crippen LogP contribution in [0.3, 0.4) is 0 Å². The molecule has 0 unspecified atom stereocenters. The Hall–Kier alpha value is -2.54. The summed E-state index contributed by atoms with van der Waals surface area (Å²) in [6, 6.07) is 8.11. The summed E-state index contributed by atoms with van der Waals surface area (Å²) in [5, 5.41) is 2.50. The first kappa shape index (κ1) is 17.3. The number of aromatic nitrogens is 2. The van der Waals surface area contributed by atoms with Gasteiger partial charge in [-0.3, -0.25) is 4.79 Å². The number of ether oxygens (including phenoxy) is 1. The summed E-state index contributed by atoms with van der Waals surface area (Å²) in [6.07, 6.45) is 0. The molecule has 0 aliphatic heterocycles. The van der Waals surface area contributed by atoms with Crippen LogP contribution in [0.2, 0.25) is 0 Å². The number of aryl methyl sites for hydroxylation is 2. The molecule has 0 aliphatic carbocycles. The molecule has 128 valence electrons. The van der Waals surface area contributed by atoms with Gasteiger partial charge in [-0.05, 0) is 55.3 Å². The van der Waals surface area contributed by atoms with E-state index in [4.69, 9.17) is 4.74 Å². The Balaban J connectivity index is 2.03. The number of fused-ring (bicyclic) bond motifs is 1. The highest BCUT2D eigenvalue weighted by atomic mass is 79.9. The number of methoxy groups -OCH3 is 1. The summed E-state index contributed by atoms with van der Waals surface area (Å²) < 4.78 is 19.7. The minimum atomic E-state index is -0.592. The van der Waals surface area contributed by atoms with Crippen LogP contribution >= 0.6 is 15.9 Å². The van der Waals surface area contributed by atoms with Crippen molar-refractivity contribution in [1.82, 2.24) is 9.97 Å². The quantitative estimate of drug-likeness (QED) is 0.703. The highest BCUT2D eigenvalue weighted by Crippen LogP contribution is 2.24. The number of hydrogen-bond acceptors (Lipinski definition) is 4. The Morgan fingerprint density at radius 3 is 2.36 bits per heavy atom. The first-order chi connectivity index (χ1) is 11.9. The monoisotopic (exact) mass is 403 g/mol. The molecule has 3 rings (SSSR count). The van der Waals surface area contributed by atoms with Gasteiger partial charge in [0.25, 0.3) is 5.91 Å². The molecule has 7 heteroatoms. The lowest BCUT2D eigenvalue weighted by molar-refractivity contribution is 0.101. The van der Waals surface area contributed by atoms with E-state index in [2.05, 4.69) is 31.2 Å². The van der Waals surface area contributed by atoms with Crippen molar-refractivity contribution < 1.29 is 13.9 Å². The Morgan fingerprint density at radius 1 is 1.12 bits per heavy atom. The molecule has 0 radical (unpaired) electrons. The predicted molar refractivity (Wildman–Crippen MR) is 97.6 cm³/mol. The Morgan fingerprint density at radius 2 is 1.76 bits per heavy atom. The maximum atomic E-state index is 13.9. The van der Waals surface area contributed by atoms with Gasteiger partial charge in [0.2, 0.25) is 5.88 Å². The van der Waals surface area contributed by atoms with Crippen LogP contribution in [0.5, 0.6) is 5.88 Å². The van der Waals surface area contributed by atoms with E-state index >= 15 is 0 Å². The zero-order valence-corrected chi connectivity index (χ0v) is 15.4. The number of rotatable bonds is 3. The normalized spacial score (nSPS) is 10.8.